The maximum absolute atomic E-state index is 14.3. The highest BCUT2D eigenvalue weighted by atomic mass is 31.2. The molecule has 0 heterocycles. The summed E-state index contributed by atoms with van der Waals surface area (Å²) >= 11 is 0. The zero-order valence-electron chi connectivity index (χ0n) is 15.9. The molecular weight excluding hydrogens is 369 g/mol. The molecule has 3 aromatic rings. The molecule has 0 amide bonds. The number of hydrogen-bond donors (Lipinski definition) is 2. The predicted molar refractivity (Wildman–Crippen MR) is 114 cm³/mol. The largest absolute Gasteiger partial charge is 0.478 e. The van der Waals surface area contributed by atoms with E-state index in [1.807, 2.05) is 60.7 Å². The highest BCUT2D eigenvalue weighted by Crippen LogP contribution is 2.43. The lowest BCUT2D eigenvalue weighted by atomic mass is 9.96. The van der Waals surface area contributed by atoms with E-state index in [1.165, 1.54) is 0 Å². The lowest BCUT2D eigenvalue weighted by molar-refractivity contribution is 0.0697. The number of carboxylic acid groups (broad SMARTS) is 1. The van der Waals surface area contributed by atoms with Crippen LogP contribution in [0.3, 0.4) is 0 Å². The first-order valence-electron chi connectivity index (χ1n) is 9.24. The van der Waals surface area contributed by atoms with Crippen LogP contribution in [0, 0.1) is 5.92 Å². The fourth-order valence-electron chi connectivity index (χ4n) is 3.21. The van der Waals surface area contributed by atoms with Gasteiger partial charge in [-0.05, 0) is 47.9 Å². The third kappa shape index (κ3) is 4.24. The molecule has 2 N–H and O–H groups in total. The summed E-state index contributed by atoms with van der Waals surface area (Å²) in [4.78, 5) is 11.2. The first-order chi connectivity index (χ1) is 13.4. The van der Waals surface area contributed by atoms with Gasteiger partial charge in [-0.3, -0.25) is 9.65 Å². The Balaban J connectivity index is 2.05. The van der Waals surface area contributed by atoms with Crippen LogP contribution in [0.1, 0.15) is 35.8 Å². The van der Waals surface area contributed by atoms with Gasteiger partial charge in [-0.1, -0.05) is 62.4 Å². The minimum absolute atomic E-state index is 0.149. The number of aromatic carboxylic acids is 1. The van der Waals surface area contributed by atoms with Crippen LogP contribution in [0.4, 0.5) is 0 Å². The highest BCUT2D eigenvalue weighted by Gasteiger charge is 2.31. The van der Waals surface area contributed by atoms with Gasteiger partial charge in [0.1, 0.15) is 0 Å². The first-order valence-corrected chi connectivity index (χ1v) is 10.9. The van der Waals surface area contributed by atoms with Crippen molar-refractivity contribution in [2.45, 2.75) is 19.9 Å². The third-order valence-electron chi connectivity index (χ3n) is 4.74. The number of nitrogens with one attached hydrogen (secondary N) is 1. The molecular formula is C23H24NO3P. The zero-order valence-corrected chi connectivity index (χ0v) is 16.8. The molecule has 28 heavy (non-hydrogen) atoms. The summed E-state index contributed by atoms with van der Waals surface area (Å²) in [6.07, 6.45) is 0. The van der Waals surface area contributed by atoms with Gasteiger partial charge in [-0.2, -0.15) is 0 Å². The average molecular weight is 393 g/mol. The highest BCUT2D eigenvalue weighted by molar-refractivity contribution is 7.76. The summed E-state index contributed by atoms with van der Waals surface area (Å²) in [6.45, 7) is 4.12. The van der Waals surface area contributed by atoms with Gasteiger partial charge in [0.25, 0.3) is 0 Å². The van der Waals surface area contributed by atoms with Crippen molar-refractivity contribution in [3.63, 3.8) is 0 Å². The van der Waals surface area contributed by atoms with Crippen molar-refractivity contribution in [3.8, 4) is 0 Å². The van der Waals surface area contributed by atoms with Crippen LogP contribution in [-0.2, 0) is 4.57 Å². The normalized spacial score (nSPS) is 12.7. The molecule has 0 saturated carbocycles. The maximum atomic E-state index is 14.3. The second-order valence-electron chi connectivity index (χ2n) is 7.06. The molecule has 1 atom stereocenters. The quantitative estimate of drug-likeness (QED) is 0.576. The molecule has 5 heteroatoms. The van der Waals surface area contributed by atoms with E-state index in [-0.39, 0.29) is 17.5 Å². The van der Waals surface area contributed by atoms with E-state index in [1.54, 1.807) is 24.3 Å². The molecule has 3 rings (SSSR count). The molecule has 0 aliphatic rings. The van der Waals surface area contributed by atoms with Crippen molar-refractivity contribution >= 4 is 23.9 Å². The van der Waals surface area contributed by atoms with E-state index in [4.69, 9.17) is 5.11 Å². The van der Waals surface area contributed by atoms with Crippen LogP contribution in [0.15, 0.2) is 84.9 Å². The minimum atomic E-state index is -3.10. The van der Waals surface area contributed by atoms with Gasteiger partial charge in [-0.15, -0.1) is 0 Å². The van der Waals surface area contributed by atoms with Crippen molar-refractivity contribution in [1.29, 1.82) is 0 Å². The number of rotatable bonds is 7. The summed E-state index contributed by atoms with van der Waals surface area (Å²) < 4.78 is 14.3. The Morgan fingerprint density at radius 3 is 1.68 bits per heavy atom. The van der Waals surface area contributed by atoms with Crippen molar-refractivity contribution in [3.05, 3.63) is 96.1 Å². The van der Waals surface area contributed by atoms with Crippen molar-refractivity contribution in [2.24, 2.45) is 5.92 Å². The van der Waals surface area contributed by atoms with Crippen LogP contribution in [0.5, 0.6) is 0 Å². The van der Waals surface area contributed by atoms with Crippen LogP contribution < -0.4 is 15.7 Å². The SMILES string of the molecule is CC(C)C(NP(=O)(c1ccccc1)c1ccccc1)c1ccc(C(=O)O)cc1. The van der Waals surface area contributed by atoms with E-state index in [0.717, 1.165) is 16.2 Å². The smallest absolute Gasteiger partial charge is 0.335 e. The molecule has 0 bridgehead atoms. The van der Waals surface area contributed by atoms with Crippen molar-refractivity contribution in [2.75, 3.05) is 0 Å². The summed E-state index contributed by atoms with van der Waals surface area (Å²) in [5, 5.41) is 14.1. The molecule has 3 aromatic carbocycles. The maximum Gasteiger partial charge on any atom is 0.335 e. The van der Waals surface area contributed by atoms with E-state index in [2.05, 4.69) is 18.9 Å². The fourth-order valence-corrected chi connectivity index (χ4v) is 5.83. The molecule has 4 nitrogen and oxygen atoms in total. The van der Waals surface area contributed by atoms with Gasteiger partial charge in [0.05, 0.1) is 5.56 Å². The summed E-state index contributed by atoms with van der Waals surface area (Å²) in [5.74, 6) is -0.809. The Morgan fingerprint density at radius 2 is 1.29 bits per heavy atom. The average Bonchev–Trinajstić information content (AvgIpc) is 2.73. The summed E-state index contributed by atoms with van der Waals surface area (Å²) in [5.41, 5.74) is 1.15. The number of carbonyl (C=O) groups is 1. The second kappa shape index (κ2) is 8.55. The molecule has 1 unspecified atom stereocenters. The number of hydrogen-bond acceptors (Lipinski definition) is 2. The second-order valence-corrected chi connectivity index (χ2v) is 9.57. The molecule has 0 aliphatic carbocycles. The standard InChI is InChI=1S/C23H24NO3P/c1-17(2)22(18-13-15-19(16-14-18)23(25)26)24-28(27,20-9-5-3-6-10-20)21-11-7-4-8-12-21/h3-17,22H,1-2H3,(H,24,27)(H,25,26). The van der Waals surface area contributed by atoms with E-state index in [0.29, 0.717) is 0 Å². The van der Waals surface area contributed by atoms with Crippen LogP contribution in [0.25, 0.3) is 0 Å². The van der Waals surface area contributed by atoms with Crippen LogP contribution in [-0.4, -0.2) is 11.1 Å². The van der Waals surface area contributed by atoms with Gasteiger partial charge in [0.15, 0.2) is 0 Å². The summed E-state index contributed by atoms with van der Waals surface area (Å²) in [6, 6.07) is 25.4. The summed E-state index contributed by atoms with van der Waals surface area (Å²) in [7, 11) is -3.10. The predicted octanol–water partition coefficient (Wildman–Crippen LogP) is 4.60. The van der Waals surface area contributed by atoms with Gasteiger partial charge in [0.2, 0.25) is 7.29 Å². The Labute approximate surface area is 165 Å². The first kappa shape index (κ1) is 20.1. The van der Waals surface area contributed by atoms with Crippen molar-refractivity contribution < 1.29 is 14.5 Å². The minimum Gasteiger partial charge on any atom is -0.478 e. The van der Waals surface area contributed by atoms with Crippen LogP contribution >= 0.6 is 7.29 Å². The molecule has 0 aromatic heterocycles. The third-order valence-corrected chi connectivity index (χ3v) is 7.44. The molecule has 144 valence electrons. The van der Waals surface area contributed by atoms with E-state index in [9.17, 15) is 9.36 Å². The number of carboxylic acids is 1. The Bertz CT molecular complexity index is 926. The van der Waals surface area contributed by atoms with Gasteiger partial charge in [0, 0.05) is 16.7 Å². The zero-order chi connectivity index (χ0) is 20.1. The van der Waals surface area contributed by atoms with Gasteiger partial charge in [-0.25, -0.2) is 4.79 Å². The Hall–Kier alpha value is -2.68. The van der Waals surface area contributed by atoms with Crippen LogP contribution in [0.2, 0.25) is 0 Å². The van der Waals surface area contributed by atoms with Crippen molar-refractivity contribution in [1.82, 2.24) is 5.09 Å². The number of benzene rings is 3. The monoisotopic (exact) mass is 393 g/mol. The van der Waals surface area contributed by atoms with Gasteiger partial charge >= 0.3 is 5.97 Å². The Kier molecular flexibility index (Phi) is 6.13. The fraction of sp³-hybridized carbons (Fsp3) is 0.174. The molecule has 0 saturated heterocycles. The lowest BCUT2D eigenvalue weighted by Gasteiger charge is -2.30. The molecule has 0 fully saturated rings. The molecule has 0 aliphatic heterocycles. The van der Waals surface area contributed by atoms with E-state index < -0.39 is 13.3 Å². The topological polar surface area (TPSA) is 66.4 Å². The Morgan fingerprint density at radius 1 is 0.821 bits per heavy atom. The van der Waals surface area contributed by atoms with E-state index >= 15 is 0 Å². The van der Waals surface area contributed by atoms with Gasteiger partial charge < -0.3 is 5.11 Å². The molecule has 0 spiro atoms. The molecule has 0 radical (unpaired) electrons. The lowest BCUT2D eigenvalue weighted by Crippen LogP contribution is -2.32.